The minimum absolute atomic E-state index is 0.305. The molecule has 0 N–H and O–H groups in total. The Morgan fingerprint density at radius 2 is 1.80 bits per heavy atom. The monoisotopic (exact) mass is 218 g/mol. The van der Waals surface area contributed by atoms with Crippen molar-refractivity contribution in [1.82, 2.24) is 9.80 Å². The SMILES string of the molecule is CC(C)(C)OC(=O)N1CCN(CF)CC1. The molecule has 1 aliphatic rings. The highest BCUT2D eigenvalue weighted by Crippen LogP contribution is 2.11. The highest BCUT2D eigenvalue weighted by atomic mass is 19.1. The molecule has 0 aromatic carbocycles. The lowest BCUT2D eigenvalue weighted by molar-refractivity contribution is 0.0108. The van der Waals surface area contributed by atoms with Crippen LogP contribution in [0.5, 0.6) is 0 Å². The third kappa shape index (κ3) is 4.03. The number of nitrogens with zero attached hydrogens (tertiary/aromatic N) is 2. The first-order chi connectivity index (χ1) is 6.92. The fourth-order valence-electron chi connectivity index (χ4n) is 1.38. The predicted octanol–water partition coefficient (Wildman–Crippen LogP) is 1.47. The van der Waals surface area contributed by atoms with Gasteiger partial charge < -0.3 is 9.64 Å². The lowest BCUT2D eigenvalue weighted by Crippen LogP contribution is -2.49. The van der Waals surface area contributed by atoms with Crippen molar-refractivity contribution in [2.45, 2.75) is 26.4 Å². The van der Waals surface area contributed by atoms with Crippen molar-refractivity contribution >= 4 is 6.09 Å². The van der Waals surface area contributed by atoms with E-state index in [9.17, 15) is 9.18 Å². The lowest BCUT2D eigenvalue weighted by Gasteiger charge is -2.34. The first-order valence-electron chi connectivity index (χ1n) is 5.18. The first kappa shape index (κ1) is 12.2. The molecule has 0 aliphatic carbocycles. The van der Waals surface area contributed by atoms with Crippen molar-refractivity contribution in [3.63, 3.8) is 0 Å². The Balaban J connectivity index is 2.37. The predicted molar refractivity (Wildman–Crippen MR) is 55.4 cm³/mol. The molecule has 1 saturated heterocycles. The van der Waals surface area contributed by atoms with Crippen LogP contribution in [0.1, 0.15) is 20.8 Å². The van der Waals surface area contributed by atoms with Gasteiger partial charge in [-0.05, 0) is 20.8 Å². The van der Waals surface area contributed by atoms with E-state index in [1.807, 2.05) is 20.8 Å². The molecule has 0 unspecified atom stereocenters. The molecule has 88 valence electrons. The van der Waals surface area contributed by atoms with Crippen LogP contribution in [0.25, 0.3) is 0 Å². The molecular weight excluding hydrogens is 199 g/mol. The van der Waals surface area contributed by atoms with E-state index in [4.69, 9.17) is 4.74 Å². The average molecular weight is 218 g/mol. The molecule has 1 heterocycles. The minimum Gasteiger partial charge on any atom is -0.444 e. The topological polar surface area (TPSA) is 32.8 Å². The van der Waals surface area contributed by atoms with Gasteiger partial charge in [0.15, 0.2) is 0 Å². The van der Waals surface area contributed by atoms with Crippen molar-refractivity contribution < 1.29 is 13.9 Å². The number of halogens is 1. The Labute approximate surface area is 90.0 Å². The molecule has 0 saturated carbocycles. The summed E-state index contributed by atoms with van der Waals surface area (Å²) in [6, 6.07) is 0. The van der Waals surface area contributed by atoms with Crippen LogP contribution >= 0.6 is 0 Å². The molecule has 1 rings (SSSR count). The van der Waals surface area contributed by atoms with E-state index in [1.54, 1.807) is 9.80 Å². The van der Waals surface area contributed by atoms with Crippen LogP contribution in [0.3, 0.4) is 0 Å². The number of ether oxygens (including phenoxy) is 1. The summed E-state index contributed by atoms with van der Waals surface area (Å²) in [4.78, 5) is 14.9. The molecule has 4 nitrogen and oxygen atoms in total. The first-order valence-corrected chi connectivity index (χ1v) is 5.18. The number of hydrogen-bond acceptors (Lipinski definition) is 3. The van der Waals surface area contributed by atoms with Gasteiger partial charge in [0, 0.05) is 26.2 Å². The van der Waals surface area contributed by atoms with E-state index in [1.165, 1.54) is 0 Å². The number of carbonyl (C=O) groups is 1. The van der Waals surface area contributed by atoms with Crippen molar-refractivity contribution in [2.24, 2.45) is 0 Å². The number of alkyl halides is 1. The highest BCUT2D eigenvalue weighted by molar-refractivity contribution is 5.68. The zero-order valence-electron chi connectivity index (χ0n) is 9.62. The van der Waals surface area contributed by atoms with Crippen LogP contribution in [0.15, 0.2) is 0 Å². The second-order valence-electron chi connectivity index (χ2n) is 4.70. The number of piperazine rings is 1. The fourth-order valence-corrected chi connectivity index (χ4v) is 1.38. The van der Waals surface area contributed by atoms with Gasteiger partial charge in [0.25, 0.3) is 0 Å². The average Bonchev–Trinajstić information content (AvgIpc) is 2.15. The molecule has 0 radical (unpaired) electrons. The second-order valence-corrected chi connectivity index (χ2v) is 4.70. The van der Waals surface area contributed by atoms with E-state index >= 15 is 0 Å². The lowest BCUT2D eigenvalue weighted by atomic mass is 10.2. The third-order valence-electron chi connectivity index (χ3n) is 2.19. The summed E-state index contributed by atoms with van der Waals surface area (Å²) in [5, 5.41) is 0. The molecule has 1 fully saturated rings. The van der Waals surface area contributed by atoms with Crippen molar-refractivity contribution in [3.05, 3.63) is 0 Å². The standard InChI is InChI=1S/C10H19FN2O2/c1-10(2,3)15-9(14)13-6-4-12(8-11)5-7-13/h4-8H2,1-3H3. The Morgan fingerprint density at radius 1 is 1.27 bits per heavy atom. The van der Waals surface area contributed by atoms with E-state index in [-0.39, 0.29) is 6.09 Å². The Morgan fingerprint density at radius 3 is 2.20 bits per heavy atom. The Bertz CT molecular complexity index is 220. The zero-order valence-corrected chi connectivity index (χ0v) is 9.62. The van der Waals surface area contributed by atoms with Crippen LogP contribution in [0, 0.1) is 0 Å². The van der Waals surface area contributed by atoms with E-state index in [2.05, 4.69) is 0 Å². The minimum atomic E-state index is -0.464. The van der Waals surface area contributed by atoms with Crippen LogP contribution in [0.2, 0.25) is 0 Å². The molecule has 1 aliphatic heterocycles. The molecule has 0 bridgehead atoms. The van der Waals surface area contributed by atoms with Crippen LogP contribution in [-0.4, -0.2) is 54.5 Å². The molecule has 1 amide bonds. The number of rotatable bonds is 1. The summed E-state index contributed by atoms with van der Waals surface area (Å²) in [5.41, 5.74) is -0.464. The maximum absolute atomic E-state index is 12.3. The number of hydrogen-bond donors (Lipinski definition) is 0. The maximum atomic E-state index is 12.3. The van der Waals surface area contributed by atoms with Gasteiger partial charge in [-0.15, -0.1) is 0 Å². The molecular formula is C10H19FN2O2. The summed E-state index contributed by atoms with van der Waals surface area (Å²) < 4.78 is 17.5. The van der Waals surface area contributed by atoms with Gasteiger partial charge in [-0.25, -0.2) is 9.18 Å². The summed E-state index contributed by atoms with van der Waals surface area (Å²) >= 11 is 0. The van der Waals surface area contributed by atoms with Gasteiger partial charge in [-0.1, -0.05) is 0 Å². The van der Waals surface area contributed by atoms with E-state index in [0.29, 0.717) is 26.2 Å². The summed E-state index contributed by atoms with van der Waals surface area (Å²) in [6.45, 7) is 7.31. The fraction of sp³-hybridized carbons (Fsp3) is 0.900. The van der Waals surface area contributed by atoms with E-state index in [0.717, 1.165) is 0 Å². The van der Waals surface area contributed by atoms with Crippen molar-refractivity contribution in [1.29, 1.82) is 0 Å². The van der Waals surface area contributed by atoms with Gasteiger partial charge in [0.2, 0.25) is 0 Å². The van der Waals surface area contributed by atoms with E-state index < -0.39 is 12.4 Å². The summed E-state index contributed by atoms with van der Waals surface area (Å²) in [7, 11) is 0. The van der Waals surface area contributed by atoms with Gasteiger partial charge in [-0.3, -0.25) is 4.90 Å². The quantitative estimate of drug-likeness (QED) is 0.625. The normalized spacial score (nSPS) is 19.1. The molecule has 0 aromatic heterocycles. The molecule has 0 aromatic rings. The number of amides is 1. The second kappa shape index (κ2) is 4.79. The molecule has 0 atom stereocenters. The largest absolute Gasteiger partial charge is 0.444 e. The smallest absolute Gasteiger partial charge is 0.410 e. The summed E-state index contributed by atoms with van der Waals surface area (Å²) in [6.07, 6.45) is -0.305. The van der Waals surface area contributed by atoms with Crippen molar-refractivity contribution in [2.75, 3.05) is 33.0 Å². The number of carbonyl (C=O) groups excluding carboxylic acids is 1. The zero-order chi connectivity index (χ0) is 11.5. The maximum Gasteiger partial charge on any atom is 0.410 e. The third-order valence-corrected chi connectivity index (χ3v) is 2.19. The Hall–Kier alpha value is -0.840. The van der Waals surface area contributed by atoms with Crippen LogP contribution in [-0.2, 0) is 4.74 Å². The Kier molecular flexibility index (Phi) is 3.90. The summed E-state index contributed by atoms with van der Waals surface area (Å²) in [5.74, 6) is 0. The van der Waals surface area contributed by atoms with Gasteiger partial charge >= 0.3 is 6.09 Å². The van der Waals surface area contributed by atoms with Crippen LogP contribution in [0.4, 0.5) is 9.18 Å². The van der Waals surface area contributed by atoms with Gasteiger partial charge in [0.1, 0.15) is 12.4 Å². The molecule has 0 spiro atoms. The van der Waals surface area contributed by atoms with Gasteiger partial charge in [0.05, 0.1) is 0 Å². The van der Waals surface area contributed by atoms with Crippen LogP contribution < -0.4 is 0 Å². The highest BCUT2D eigenvalue weighted by Gasteiger charge is 2.25. The van der Waals surface area contributed by atoms with Crippen molar-refractivity contribution in [3.8, 4) is 0 Å². The molecule has 5 heteroatoms. The molecule has 15 heavy (non-hydrogen) atoms. The van der Waals surface area contributed by atoms with Gasteiger partial charge in [-0.2, -0.15) is 0 Å².